The molecule has 0 aliphatic heterocycles. The minimum absolute atomic E-state index is 0.0936. The number of benzene rings is 1. The van der Waals surface area contributed by atoms with Gasteiger partial charge in [0.15, 0.2) is 0 Å². The summed E-state index contributed by atoms with van der Waals surface area (Å²) in [4.78, 5) is 24.6. The zero-order chi connectivity index (χ0) is 15.4. The largest absolute Gasteiger partial charge is 0.368 e. The van der Waals surface area contributed by atoms with E-state index in [9.17, 15) is 4.79 Å². The van der Waals surface area contributed by atoms with Crippen LogP contribution in [0.2, 0.25) is 0 Å². The van der Waals surface area contributed by atoms with Crippen LogP contribution in [0.25, 0.3) is 10.9 Å². The minimum Gasteiger partial charge on any atom is -0.368 e. The van der Waals surface area contributed by atoms with Gasteiger partial charge in [-0.15, -0.1) is 0 Å². The number of nitrogen functional groups attached to an aromatic ring is 1. The van der Waals surface area contributed by atoms with Gasteiger partial charge in [0.1, 0.15) is 5.69 Å². The molecular weight excluding hydrogens is 278 g/mol. The molecule has 3 rings (SSSR count). The highest BCUT2D eigenvalue weighted by molar-refractivity contribution is 6.04. The van der Waals surface area contributed by atoms with Gasteiger partial charge in [0.2, 0.25) is 5.95 Å². The zero-order valence-electron chi connectivity index (χ0n) is 11.9. The van der Waals surface area contributed by atoms with Gasteiger partial charge in [0.25, 0.3) is 5.91 Å². The van der Waals surface area contributed by atoms with Crippen LogP contribution in [0, 0.1) is 0 Å². The first-order valence-electron chi connectivity index (χ1n) is 6.93. The number of fused-ring (bicyclic) bond motifs is 1. The van der Waals surface area contributed by atoms with Crippen LogP contribution in [0.4, 0.5) is 5.95 Å². The smallest absolute Gasteiger partial charge is 0.270 e. The number of nitrogens with one attached hydrogen (secondary N) is 1. The number of anilines is 1. The number of nitrogens with two attached hydrogens (primary N) is 1. The Kier molecular flexibility index (Phi) is 3.91. The number of pyridine rings is 1. The van der Waals surface area contributed by atoms with Crippen LogP contribution in [0.5, 0.6) is 0 Å². The van der Waals surface area contributed by atoms with Crippen LogP contribution in [-0.2, 0) is 6.42 Å². The van der Waals surface area contributed by atoms with Gasteiger partial charge in [-0.25, -0.2) is 9.97 Å². The molecule has 3 aromatic rings. The molecule has 0 saturated carbocycles. The van der Waals surface area contributed by atoms with Gasteiger partial charge in [-0.05, 0) is 24.1 Å². The molecule has 6 heteroatoms. The molecule has 0 spiro atoms. The lowest BCUT2D eigenvalue weighted by Gasteiger charge is -2.08. The fourth-order valence-electron chi connectivity index (χ4n) is 2.22. The quantitative estimate of drug-likeness (QED) is 0.761. The molecule has 0 unspecified atom stereocenters. The molecule has 2 heterocycles. The number of rotatable bonds is 4. The molecule has 110 valence electrons. The SMILES string of the molecule is Nc1nc(C(=O)NCCc2cccnc2)c2ccccc2n1. The van der Waals surface area contributed by atoms with Crippen molar-refractivity contribution in [1.82, 2.24) is 20.3 Å². The van der Waals surface area contributed by atoms with E-state index in [1.54, 1.807) is 18.5 Å². The van der Waals surface area contributed by atoms with Gasteiger partial charge >= 0.3 is 0 Å². The summed E-state index contributed by atoms with van der Waals surface area (Å²) >= 11 is 0. The minimum atomic E-state index is -0.255. The fraction of sp³-hybridized carbons (Fsp3) is 0.125. The second-order valence-corrected chi connectivity index (χ2v) is 4.81. The van der Waals surface area contributed by atoms with Crippen LogP contribution in [-0.4, -0.2) is 27.4 Å². The van der Waals surface area contributed by atoms with Crippen LogP contribution in [0.3, 0.4) is 0 Å². The van der Waals surface area contributed by atoms with Crippen molar-refractivity contribution in [2.24, 2.45) is 0 Å². The highest BCUT2D eigenvalue weighted by Crippen LogP contribution is 2.16. The van der Waals surface area contributed by atoms with Crippen LogP contribution in [0.15, 0.2) is 48.8 Å². The van der Waals surface area contributed by atoms with E-state index in [1.807, 2.05) is 30.3 Å². The first-order valence-corrected chi connectivity index (χ1v) is 6.93. The molecule has 0 aliphatic rings. The average Bonchev–Trinajstić information content (AvgIpc) is 2.55. The van der Waals surface area contributed by atoms with Gasteiger partial charge in [-0.1, -0.05) is 24.3 Å². The van der Waals surface area contributed by atoms with Crippen molar-refractivity contribution in [2.45, 2.75) is 6.42 Å². The highest BCUT2D eigenvalue weighted by Gasteiger charge is 2.13. The monoisotopic (exact) mass is 293 g/mol. The molecule has 22 heavy (non-hydrogen) atoms. The fourth-order valence-corrected chi connectivity index (χ4v) is 2.22. The number of hydrogen-bond donors (Lipinski definition) is 2. The van der Waals surface area contributed by atoms with Crippen LogP contribution >= 0.6 is 0 Å². The molecule has 0 fully saturated rings. The standard InChI is InChI=1S/C16H15N5O/c17-16-20-13-6-2-1-5-12(13)14(21-16)15(22)19-9-7-11-4-3-8-18-10-11/h1-6,8,10H,7,9H2,(H,19,22)(H2,17,20,21). The van der Waals surface area contributed by atoms with Gasteiger partial charge in [0.05, 0.1) is 5.52 Å². The number of aromatic nitrogens is 3. The van der Waals surface area contributed by atoms with Crippen molar-refractivity contribution >= 4 is 22.8 Å². The Morgan fingerprint density at radius 3 is 2.82 bits per heavy atom. The van der Waals surface area contributed by atoms with Crippen LogP contribution < -0.4 is 11.1 Å². The van der Waals surface area contributed by atoms with Crippen molar-refractivity contribution in [3.05, 3.63) is 60.0 Å². The number of nitrogens with zero attached hydrogens (tertiary/aromatic N) is 3. The van der Waals surface area contributed by atoms with Crippen LogP contribution in [0.1, 0.15) is 16.1 Å². The third-order valence-corrected chi connectivity index (χ3v) is 3.26. The van der Waals surface area contributed by atoms with Crippen molar-refractivity contribution < 1.29 is 4.79 Å². The van der Waals surface area contributed by atoms with E-state index in [4.69, 9.17) is 5.73 Å². The lowest BCUT2D eigenvalue weighted by atomic mass is 10.1. The molecule has 3 N–H and O–H groups in total. The number of hydrogen-bond acceptors (Lipinski definition) is 5. The Hall–Kier alpha value is -3.02. The van der Waals surface area contributed by atoms with E-state index in [1.165, 1.54) is 0 Å². The van der Waals surface area contributed by atoms with E-state index in [0.717, 1.165) is 5.56 Å². The summed E-state index contributed by atoms with van der Waals surface area (Å²) in [6.07, 6.45) is 4.21. The average molecular weight is 293 g/mol. The summed E-state index contributed by atoms with van der Waals surface area (Å²) in [6.45, 7) is 0.503. The molecule has 1 aromatic carbocycles. The van der Waals surface area contributed by atoms with E-state index in [2.05, 4.69) is 20.3 Å². The van der Waals surface area contributed by atoms with Crippen molar-refractivity contribution in [3.8, 4) is 0 Å². The Labute approximate surface area is 127 Å². The Morgan fingerprint density at radius 1 is 1.14 bits per heavy atom. The van der Waals surface area contributed by atoms with Gasteiger partial charge in [-0.3, -0.25) is 9.78 Å². The summed E-state index contributed by atoms with van der Waals surface area (Å²) in [5, 5.41) is 3.54. The summed E-state index contributed by atoms with van der Waals surface area (Å²) in [6, 6.07) is 11.1. The lowest BCUT2D eigenvalue weighted by molar-refractivity contribution is 0.0951. The second-order valence-electron chi connectivity index (χ2n) is 4.81. The molecular formula is C16H15N5O. The van der Waals surface area contributed by atoms with E-state index in [-0.39, 0.29) is 11.9 Å². The zero-order valence-corrected chi connectivity index (χ0v) is 11.9. The predicted molar refractivity (Wildman–Crippen MR) is 84.2 cm³/mol. The predicted octanol–water partition coefficient (Wildman–Crippen LogP) is 1.58. The maximum Gasteiger partial charge on any atom is 0.270 e. The molecule has 0 atom stereocenters. The summed E-state index contributed by atoms with van der Waals surface area (Å²) in [5.41, 5.74) is 7.70. The molecule has 6 nitrogen and oxygen atoms in total. The van der Waals surface area contributed by atoms with Crippen molar-refractivity contribution in [3.63, 3.8) is 0 Å². The molecule has 1 amide bonds. The maximum absolute atomic E-state index is 12.3. The topological polar surface area (TPSA) is 93.8 Å². The van der Waals surface area contributed by atoms with E-state index >= 15 is 0 Å². The maximum atomic E-state index is 12.3. The second kappa shape index (κ2) is 6.17. The molecule has 0 radical (unpaired) electrons. The molecule has 0 saturated heterocycles. The molecule has 2 aromatic heterocycles. The third-order valence-electron chi connectivity index (χ3n) is 3.26. The Bertz CT molecular complexity index is 804. The molecule has 0 aliphatic carbocycles. The highest BCUT2D eigenvalue weighted by atomic mass is 16.1. The summed E-state index contributed by atoms with van der Waals surface area (Å²) in [5.74, 6) is -0.162. The summed E-state index contributed by atoms with van der Waals surface area (Å²) < 4.78 is 0. The van der Waals surface area contributed by atoms with Gasteiger partial charge in [-0.2, -0.15) is 0 Å². The first kappa shape index (κ1) is 13.9. The lowest BCUT2D eigenvalue weighted by Crippen LogP contribution is -2.27. The first-order chi connectivity index (χ1) is 10.7. The molecule has 0 bridgehead atoms. The Balaban J connectivity index is 1.75. The van der Waals surface area contributed by atoms with Gasteiger partial charge < -0.3 is 11.1 Å². The number of para-hydroxylation sites is 1. The van der Waals surface area contributed by atoms with E-state index in [0.29, 0.717) is 29.6 Å². The Morgan fingerprint density at radius 2 is 2.00 bits per heavy atom. The van der Waals surface area contributed by atoms with Crippen molar-refractivity contribution in [1.29, 1.82) is 0 Å². The number of amides is 1. The van der Waals surface area contributed by atoms with Crippen molar-refractivity contribution in [2.75, 3.05) is 12.3 Å². The number of carbonyl (C=O) groups excluding carboxylic acids is 1. The number of carbonyl (C=O) groups is 1. The third kappa shape index (κ3) is 3.01. The summed E-state index contributed by atoms with van der Waals surface area (Å²) in [7, 11) is 0. The normalized spacial score (nSPS) is 10.5. The van der Waals surface area contributed by atoms with E-state index < -0.39 is 0 Å². The van der Waals surface area contributed by atoms with Gasteiger partial charge in [0, 0.05) is 24.3 Å².